The fraction of sp³-hybridized carbons (Fsp3) is 0.280. The van der Waals surface area contributed by atoms with Crippen LogP contribution in [0.1, 0.15) is 39.9 Å². The van der Waals surface area contributed by atoms with Crippen molar-refractivity contribution in [3.63, 3.8) is 0 Å². The van der Waals surface area contributed by atoms with E-state index in [0.29, 0.717) is 25.4 Å². The van der Waals surface area contributed by atoms with E-state index in [1.165, 1.54) is 0 Å². The Morgan fingerprint density at radius 3 is 2.76 bits per heavy atom. The molecule has 1 N–H and O–H groups in total. The molecule has 1 aliphatic heterocycles. The normalized spacial score (nSPS) is 13.6. The smallest absolute Gasteiger partial charge is 0.359 e. The molecule has 8 nitrogen and oxygen atoms in total. The van der Waals surface area contributed by atoms with E-state index in [9.17, 15) is 4.79 Å². The van der Waals surface area contributed by atoms with Crippen LogP contribution in [0.3, 0.4) is 0 Å². The molecule has 1 aliphatic rings. The number of carbonyl (C=O) groups is 1. The van der Waals surface area contributed by atoms with Crippen LogP contribution in [-0.2, 0) is 30.8 Å². The van der Waals surface area contributed by atoms with Gasteiger partial charge < -0.3 is 4.74 Å². The number of hydrogen-bond donors (Lipinski definition) is 1. The first kappa shape index (κ1) is 21.1. The van der Waals surface area contributed by atoms with Gasteiger partial charge in [-0.05, 0) is 24.6 Å². The molecule has 168 valence electrons. The molecule has 0 saturated carbocycles. The van der Waals surface area contributed by atoms with Crippen molar-refractivity contribution in [2.45, 2.75) is 33.0 Å². The van der Waals surface area contributed by atoms with Crippen LogP contribution in [0, 0.1) is 0 Å². The summed E-state index contributed by atoms with van der Waals surface area (Å²) in [5, 5.41) is 12.1. The number of pyridine rings is 1. The molecule has 0 unspecified atom stereocenters. The molecular formula is C25H26N6O2. The van der Waals surface area contributed by atoms with Gasteiger partial charge in [0, 0.05) is 49.1 Å². The Morgan fingerprint density at radius 2 is 1.97 bits per heavy atom. The van der Waals surface area contributed by atoms with Crippen LogP contribution in [0.4, 0.5) is 0 Å². The zero-order chi connectivity index (χ0) is 22.6. The van der Waals surface area contributed by atoms with Crippen LogP contribution < -0.4 is 0 Å². The van der Waals surface area contributed by atoms with Gasteiger partial charge in [-0.15, -0.1) is 0 Å². The van der Waals surface area contributed by atoms with E-state index in [2.05, 4.69) is 37.3 Å². The maximum atomic E-state index is 12.7. The standard InChI is InChI=1S/C25H26N6O2/c1-2-33-25(32)24-21-17-30(15-19-14-27-28-23(19)18-8-4-3-5-9-18)13-11-22(21)31(29-24)16-20-10-6-7-12-26-20/h3-10,12,14H,2,11,13,15-17H2,1H3,(H,27,28). The minimum atomic E-state index is -0.372. The second kappa shape index (κ2) is 9.38. The first-order valence-electron chi connectivity index (χ1n) is 11.2. The lowest BCUT2D eigenvalue weighted by Crippen LogP contribution is -2.31. The second-order valence-electron chi connectivity index (χ2n) is 8.07. The highest BCUT2D eigenvalue weighted by atomic mass is 16.5. The first-order valence-corrected chi connectivity index (χ1v) is 11.2. The van der Waals surface area contributed by atoms with Crippen molar-refractivity contribution in [3.05, 3.63) is 89.1 Å². The van der Waals surface area contributed by atoms with Gasteiger partial charge in [0.15, 0.2) is 5.69 Å². The Kier molecular flexibility index (Phi) is 5.99. The molecule has 33 heavy (non-hydrogen) atoms. The predicted molar refractivity (Wildman–Crippen MR) is 123 cm³/mol. The van der Waals surface area contributed by atoms with Crippen molar-refractivity contribution in [2.75, 3.05) is 13.2 Å². The fourth-order valence-electron chi connectivity index (χ4n) is 4.35. The maximum absolute atomic E-state index is 12.7. The Bertz CT molecular complexity index is 1230. The number of aromatic amines is 1. The van der Waals surface area contributed by atoms with Crippen molar-refractivity contribution in [3.8, 4) is 11.3 Å². The lowest BCUT2D eigenvalue weighted by atomic mass is 10.0. The summed E-state index contributed by atoms with van der Waals surface area (Å²) in [6.45, 7) is 4.88. The SMILES string of the molecule is CCOC(=O)c1nn(Cc2ccccn2)c2c1CN(Cc1cn[nH]c1-c1ccccc1)CC2. The zero-order valence-electron chi connectivity index (χ0n) is 18.6. The number of ether oxygens (including phenoxy) is 1. The zero-order valence-corrected chi connectivity index (χ0v) is 18.6. The molecular weight excluding hydrogens is 416 g/mol. The average Bonchev–Trinajstić information content (AvgIpc) is 3.45. The van der Waals surface area contributed by atoms with Gasteiger partial charge in [-0.25, -0.2) is 4.79 Å². The molecule has 0 fully saturated rings. The van der Waals surface area contributed by atoms with Gasteiger partial charge >= 0.3 is 5.97 Å². The molecule has 0 radical (unpaired) electrons. The molecule has 0 spiro atoms. The summed E-state index contributed by atoms with van der Waals surface area (Å²) >= 11 is 0. The Hall–Kier alpha value is -3.78. The number of nitrogens with one attached hydrogen (secondary N) is 1. The van der Waals surface area contributed by atoms with E-state index in [-0.39, 0.29) is 5.97 Å². The highest BCUT2D eigenvalue weighted by molar-refractivity contribution is 5.89. The molecule has 0 aliphatic carbocycles. The maximum Gasteiger partial charge on any atom is 0.359 e. The van der Waals surface area contributed by atoms with Crippen LogP contribution in [0.5, 0.6) is 0 Å². The molecule has 0 amide bonds. The van der Waals surface area contributed by atoms with E-state index >= 15 is 0 Å². The number of aromatic nitrogens is 5. The Balaban J connectivity index is 1.41. The number of esters is 1. The quantitative estimate of drug-likeness (QED) is 0.441. The summed E-state index contributed by atoms with van der Waals surface area (Å²) in [5.74, 6) is -0.372. The molecule has 1 aromatic carbocycles. The third-order valence-electron chi connectivity index (χ3n) is 5.89. The van der Waals surface area contributed by atoms with E-state index in [4.69, 9.17) is 4.74 Å². The molecule has 0 saturated heterocycles. The number of rotatable bonds is 7. The van der Waals surface area contributed by atoms with Gasteiger partial charge in [0.25, 0.3) is 0 Å². The van der Waals surface area contributed by atoms with Crippen molar-refractivity contribution >= 4 is 5.97 Å². The average molecular weight is 443 g/mol. The molecule has 0 atom stereocenters. The van der Waals surface area contributed by atoms with Gasteiger partial charge in [-0.1, -0.05) is 36.4 Å². The van der Waals surface area contributed by atoms with Gasteiger partial charge in [-0.3, -0.25) is 19.7 Å². The second-order valence-corrected chi connectivity index (χ2v) is 8.07. The largest absolute Gasteiger partial charge is 0.461 e. The number of benzene rings is 1. The lowest BCUT2D eigenvalue weighted by Gasteiger charge is -2.27. The summed E-state index contributed by atoms with van der Waals surface area (Å²) in [6.07, 6.45) is 4.45. The van der Waals surface area contributed by atoms with Crippen molar-refractivity contribution < 1.29 is 9.53 Å². The summed E-state index contributed by atoms with van der Waals surface area (Å²) in [4.78, 5) is 19.4. The van der Waals surface area contributed by atoms with Gasteiger partial charge in [0.1, 0.15) is 0 Å². The van der Waals surface area contributed by atoms with Crippen molar-refractivity contribution in [2.24, 2.45) is 0 Å². The molecule has 4 aromatic rings. The van der Waals surface area contributed by atoms with Crippen LogP contribution in [0.2, 0.25) is 0 Å². The summed E-state index contributed by atoms with van der Waals surface area (Å²) < 4.78 is 7.22. The lowest BCUT2D eigenvalue weighted by molar-refractivity contribution is 0.0515. The Morgan fingerprint density at radius 1 is 1.12 bits per heavy atom. The molecule has 3 aromatic heterocycles. The monoisotopic (exact) mass is 442 g/mol. The first-order chi connectivity index (χ1) is 16.2. The highest BCUT2D eigenvalue weighted by Gasteiger charge is 2.29. The molecule has 8 heteroatoms. The third kappa shape index (κ3) is 4.42. The van der Waals surface area contributed by atoms with Crippen LogP contribution in [-0.4, -0.2) is 49.0 Å². The highest BCUT2D eigenvalue weighted by Crippen LogP contribution is 2.27. The molecule has 5 rings (SSSR count). The third-order valence-corrected chi connectivity index (χ3v) is 5.89. The topological polar surface area (TPSA) is 88.9 Å². The minimum absolute atomic E-state index is 0.319. The summed E-state index contributed by atoms with van der Waals surface area (Å²) in [7, 11) is 0. The number of nitrogens with zero attached hydrogens (tertiary/aromatic N) is 5. The Labute approximate surface area is 192 Å². The van der Waals surface area contributed by atoms with E-state index in [1.807, 2.05) is 54.2 Å². The van der Waals surface area contributed by atoms with Gasteiger partial charge in [0.2, 0.25) is 0 Å². The fourth-order valence-corrected chi connectivity index (χ4v) is 4.35. The van der Waals surface area contributed by atoms with E-state index < -0.39 is 0 Å². The molecule has 0 bridgehead atoms. The minimum Gasteiger partial charge on any atom is -0.461 e. The van der Waals surface area contributed by atoms with E-state index in [0.717, 1.165) is 53.3 Å². The predicted octanol–water partition coefficient (Wildman–Crippen LogP) is 3.45. The van der Waals surface area contributed by atoms with Crippen molar-refractivity contribution in [1.82, 2.24) is 29.9 Å². The van der Waals surface area contributed by atoms with Crippen LogP contribution in [0.25, 0.3) is 11.3 Å². The summed E-state index contributed by atoms with van der Waals surface area (Å²) in [5.41, 5.74) is 6.60. The van der Waals surface area contributed by atoms with Crippen LogP contribution >= 0.6 is 0 Å². The number of H-pyrrole nitrogens is 1. The number of fused-ring (bicyclic) bond motifs is 1. The van der Waals surface area contributed by atoms with Gasteiger partial charge in [0.05, 0.1) is 30.7 Å². The summed E-state index contributed by atoms with van der Waals surface area (Å²) in [6, 6.07) is 16.0. The van der Waals surface area contributed by atoms with Crippen LogP contribution in [0.15, 0.2) is 60.9 Å². The number of carbonyl (C=O) groups excluding carboxylic acids is 1. The van der Waals surface area contributed by atoms with Gasteiger partial charge in [-0.2, -0.15) is 10.2 Å². The molecule has 4 heterocycles. The number of hydrogen-bond acceptors (Lipinski definition) is 6. The van der Waals surface area contributed by atoms with Crippen molar-refractivity contribution in [1.29, 1.82) is 0 Å². The van der Waals surface area contributed by atoms with E-state index in [1.54, 1.807) is 6.20 Å².